The lowest BCUT2D eigenvalue weighted by atomic mass is 10.1. The van der Waals surface area contributed by atoms with Crippen LogP contribution in [0.2, 0.25) is 0 Å². The van der Waals surface area contributed by atoms with Crippen LogP contribution in [0.4, 0.5) is 9.59 Å². The van der Waals surface area contributed by atoms with E-state index in [0.717, 1.165) is 6.29 Å². The minimum Gasteiger partial charge on any atom is -0.481 e. The topological polar surface area (TPSA) is 134 Å². The predicted molar refractivity (Wildman–Crippen MR) is 116 cm³/mol. The highest BCUT2D eigenvalue weighted by Gasteiger charge is 2.21. The van der Waals surface area contributed by atoms with E-state index in [1.807, 2.05) is 4.90 Å². The van der Waals surface area contributed by atoms with Gasteiger partial charge in [-0.05, 0) is 54.4 Å². The van der Waals surface area contributed by atoms with E-state index in [1.165, 1.54) is 0 Å². The molecule has 10 heteroatoms. The van der Waals surface area contributed by atoms with Crippen LogP contribution in [-0.4, -0.2) is 77.9 Å². The summed E-state index contributed by atoms with van der Waals surface area (Å²) in [7, 11) is 0. The second-order valence-electron chi connectivity index (χ2n) is 9.24. The number of amides is 2. The third-order valence-electron chi connectivity index (χ3n) is 3.90. The Hall–Kier alpha value is -2.36. The lowest BCUT2D eigenvalue weighted by molar-refractivity contribution is -0.137. The SMILES string of the molecule is CC(C)(C)OC(=O)NCCN(CCNC(=O)OC(C)(C)C)C(C=O)CCCCC(=O)O. The molecule has 0 aliphatic carbocycles. The Kier molecular flexibility index (Phi) is 12.8. The van der Waals surface area contributed by atoms with E-state index in [-0.39, 0.29) is 19.5 Å². The van der Waals surface area contributed by atoms with Gasteiger partial charge in [-0.15, -0.1) is 0 Å². The van der Waals surface area contributed by atoms with Crippen LogP contribution in [0.5, 0.6) is 0 Å². The van der Waals surface area contributed by atoms with Crippen molar-refractivity contribution >= 4 is 24.4 Å². The smallest absolute Gasteiger partial charge is 0.407 e. The van der Waals surface area contributed by atoms with Crippen LogP contribution in [0.25, 0.3) is 0 Å². The van der Waals surface area contributed by atoms with Gasteiger partial charge in [-0.1, -0.05) is 6.42 Å². The number of nitrogens with zero attached hydrogens (tertiary/aromatic N) is 1. The van der Waals surface area contributed by atoms with Crippen LogP contribution >= 0.6 is 0 Å². The molecular formula is C21H39N3O7. The molecule has 0 aliphatic rings. The summed E-state index contributed by atoms with van der Waals surface area (Å²) in [4.78, 5) is 47.8. The highest BCUT2D eigenvalue weighted by atomic mass is 16.6. The van der Waals surface area contributed by atoms with Gasteiger partial charge >= 0.3 is 18.2 Å². The summed E-state index contributed by atoms with van der Waals surface area (Å²) in [6.07, 6.45) is 1.28. The van der Waals surface area contributed by atoms with Crippen LogP contribution in [0.3, 0.4) is 0 Å². The Morgan fingerprint density at radius 1 is 0.903 bits per heavy atom. The highest BCUT2D eigenvalue weighted by molar-refractivity contribution is 5.68. The molecule has 0 heterocycles. The lowest BCUT2D eigenvalue weighted by Gasteiger charge is -2.29. The van der Waals surface area contributed by atoms with E-state index in [0.29, 0.717) is 32.4 Å². The molecule has 10 nitrogen and oxygen atoms in total. The zero-order chi connectivity index (χ0) is 24.1. The Morgan fingerprint density at radius 3 is 1.71 bits per heavy atom. The number of aliphatic carboxylic acids is 1. The Labute approximate surface area is 185 Å². The number of carbonyl (C=O) groups is 4. The van der Waals surface area contributed by atoms with Gasteiger partial charge in [0, 0.05) is 32.6 Å². The second kappa shape index (κ2) is 13.8. The number of nitrogens with one attached hydrogen (secondary N) is 2. The number of alkyl carbamates (subject to hydrolysis) is 2. The maximum absolute atomic E-state index is 11.8. The first-order valence-corrected chi connectivity index (χ1v) is 10.6. The first kappa shape index (κ1) is 28.6. The summed E-state index contributed by atoms with van der Waals surface area (Å²) in [6.45, 7) is 11.8. The number of rotatable bonds is 13. The summed E-state index contributed by atoms with van der Waals surface area (Å²) in [6, 6.07) is -0.463. The van der Waals surface area contributed by atoms with E-state index < -0.39 is 35.4 Å². The molecule has 0 spiro atoms. The van der Waals surface area contributed by atoms with Crippen molar-refractivity contribution in [2.24, 2.45) is 0 Å². The van der Waals surface area contributed by atoms with Crippen molar-refractivity contribution in [2.45, 2.75) is 84.5 Å². The molecule has 0 fully saturated rings. The summed E-state index contributed by atoms with van der Waals surface area (Å²) < 4.78 is 10.4. The van der Waals surface area contributed by atoms with Crippen LogP contribution in [0, 0.1) is 0 Å². The second-order valence-corrected chi connectivity index (χ2v) is 9.24. The first-order chi connectivity index (χ1) is 14.2. The maximum atomic E-state index is 11.8. The fourth-order valence-corrected chi connectivity index (χ4v) is 2.64. The molecule has 0 aromatic carbocycles. The molecule has 1 atom stereocenters. The molecule has 0 bridgehead atoms. The molecule has 0 aromatic rings. The van der Waals surface area contributed by atoms with Gasteiger partial charge in [-0.25, -0.2) is 9.59 Å². The Balaban J connectivity index is 4.77. The van der Waals surface area contributed by atoms with E-state index in [4.69, 9.17) is 14.6 Å². The summed E-state index contributed by atoms with van der Waals surface area (Å²) in [5, 5.41) is 14.1. The minimum absolute atomic E-state index is 0.0476. The van der Waals surface area contributed by atoms with Crippen molar-refractivity contribution in [3.63, 3.8) is 0 Å². The number of hydrogen-bond donors (Lipinski definition) is 3. The number of carboxylic acids is 1. The van der Waals surface area contributed by atoms with Crippen molar-refractivity contribution in [3.8, 4) is 0 Å². The molecule has 31 heavy (non-hydrogen) atoms. The molecule has 0 saturated heterocycles. The zero-order valence-electron chi connectivity index (χ0n) is 19.7. The number of ether oxygens (including phenoxy) is 2. The van der Waals surface area contributed by atoms with Gasteiger partial charge in [0.15, 0.2) is 0 Å². The fraction of sp³-hybridized carbons (Fsp3) is 0.810. The average Bonchev–Trinajstić information content (AvgIpc) is 2.57. The molecule has 180 valence electrons. The Morgan fingerprint density at radius 2 is 1.35 bits per heavy atom. The van der Waals surface area contributed by atoms with E-state index in [9.17, 15) is 19.2 Å². The van der Waals surface area contributed by atoms with Gasteiger partial charge in [0.1, 0.15) is 17.5 Å². The number of unbranched alkanes of at least 4 members (excludes halogenated alkanes) is 1. The largest absolute Gasteiger partial charge is 0.481 e. The molecule has 1 unspecified atom stereocenters. The third kappa shape index (κ3) is 17.1. The standard InChI is InChI=1S/C21H39N3O7/c1-20(2,3)30-18(28)22-11-13-24(14-12-23-19(29)31-21(4,5)6)16(15-25)9-7-8-10-17(26)27/h15-16H,7-14H2,1-6H3,(H,22,28)(H,23,29)(H,26,27). The monoisotopic (exact) mass is 445 g/mol. The van der Waals surface area contributed by atoms with Crippen LogP contribution in [0.15, 0.2) is 0 Å². The normalized spacial score (nSPS) is 12.7. The van der Waals surface area contributed by atoms with E-state index in [2.05, 4.69) is 10.6 Å². The van der Waals surface area contributed by atoms with Crippen LogP contribution in [-0.2, 0) is 19.1 Å². The number of carboxylic acid groups (broad SMARTS) is 1. The minimum atomic E-state index is -0.873. The third-order valence-corrected chi connectivity index (χ3v) is 3.90. The van der Waals surface area contributed by atoms with E-state index in [1.54, 1.807) is 41.5 Å². The fourth-order valence-electron chi connectivity index (χ4n) is 2.64. The van der Waals surface area contributed by atoms with Crippen molar-refractivity contribution in [1.82, 2.24) is 15.5 Å². The van der Waals surface area contributed by atoms with Gasteiger partial charge in [0.25, 0.3) is 0 Å². The van der Waals surface area contributed by atoms with Crippen molar-refractivity contribution in [2.75, 3.05) is 26.2 Å². The lowest BCUT2D eigenvalue weighted by Crippen LogP contribution is -2.46. The Bertz CT molecular complexity index is 549. The molecule has 0 saturated carbocycles. The summed E-state index contributed by atoms with van der Waals surface area (Å²) in [5.74, 6) is -0.873. The quantitative estimate of drug-likeness (QED) is 0.291. The van der Waals surface area contributed by atoms with Crippen molar-refractivity contribution in [3.05, 3.63) is 0 Å². The first-order valence-electron chi connectivity index (χ1n) is 10.6. The number of aldehydes is 1. The molecule has 3 N–H and O–H groups in total. The maximum Gasteiger partial charge on any atom is 0.407 e. The average molecular weight is 446 g/mol. The number of hydrogen-bond acceptors (Lipinski definition) is 7. The van der Waals surface area contributed by atoms with Crippen LogP contribution in [0.1, 0.15) is 67.2 Å². The summed E-state index contributed by atoms with van der Waals surface area (Å²) in [5.41, 5.74) is -1.23. The molecule has 2 amide bonds. The molecule has 0 aliphatic heterocycles. The predicted octanol–water partition coefficient (Wildman–Crippen LogP) is 2.55. The summed E-state index contributed by atoms with van der Waals surface area (Å²) >= 11 is 0. The van der Waals surface area contributed by atoms with Crippen LogP contribution < -0.4 is 10.6 Å². The molecule has 0 rings (SSSR count). The number of carbonyl (C=O) groups excluding carboxylic acids is 3. The molecule has 0 radical (unpaired) electrons. The zero-order valence-corrected chi connectivity index (χ0v) is 19.7. The van der Waals surface area contributed by atoms with Gasteiger partial charge in [0.05, 0.1) is 6.04 Å². The van der Waals surface area contributed by atoms with Crippen molar-refractivity contribution < 1.29 is 33.8 Å². The van der Waals surface area contributed by atoms with Gasteiger partial charge in [-0.3, -0.25) is 9.69 Å². The van der Waals surface area contributed by atoms with E-state index >= 15 is 0 Å². The molecular weight excluding hydrogens is 406 g/mol. The highest BCUT2D eigenvalue weighted by Crippen LogP contribution is 2.10. The van der Waals surface area contributed by atoms with Gasteiger partial charge in [0.2, 0.25) is 0 Å². The van der Waals surface area contributed by atoms with Gasteiger partial charge < -0.3 is 30.0 Å². The van der Waals surface area contributed by atoms with Gasteiger partial charge in [-0.2, -0.15) is 0 Å². The molecule has 0 aromatic heterocycles. The van der Waals surface area contributed by atoms with Crippen molar-refractivity contribution in [1.29, 1.82) is 0 Å².